The van der Waals surface area contributed by atoms with E-state index in [1.54, 1.807) is 27.1 Å². The van der Waals surface area contributed by atoms with Gasteiger partial charge < -0.3 is 14.5 Å². The Bertz CT molecular complexity index is 496. The molecule has 2 N–H and O–H groups in total. The van der Waals surface area contributed by atoms with Crippen LogP contribution < -0.4 is 10.0 Å². The monoisotopic (exact) mass is 304 g/mol. The molecule has 0 atom stereocenters. The highest BCUT2D eigenvalue weighted by molar-refractivity contribution is 7.89. The lowest BCUT2D eigenvalue weighted by Gasteiger charge is -2.05. The van der Waals surface area contributed by atoms with Gasteiger partial charge in [0.25, 0.3) is 0 Å². The summed E-state index contributed by atoms with van der Waals surface area (Å²) >= 11 is 0. The quantitative estimate of drug-likeness (QED) is 0.639. The number of furan rings is 1. The van der Waals surface area contributed by atoms with E-state index in [2.05, 4.69) is 10.0 Å². The Hall–Kier alpha value is -0.890. The largest absolute Gasteiger partial charge is 0.464 e. The number of sulfonamides is 1. The summed E-state index contributed by atoms with van der Waals surface area (Å²) in [4.78, 5) is 0.222. The molecule has 0 aliphatic rings. The van der Waals surface area contributed by atoms with E-state index in [1.807, 2.05) is 0 Å². The van der Waals surface area contributed by atoms with Crippen LogP contribution in [0.2, 0.25) is 0 Å². The highest BCUT2D eigenvalue weighted by atomic mass is 32.2. The SMILES string of the molecule is CNCc1cc(S(=O)(=O)NCCCCCOC)c(C)o1. The highest BCUT2D eigenvalue weighted by Crippen LogP contribution is 2.19. The standard InChI is InChI=1S/C13H24N2O4S/c1-11-13(9-12(19-11)10-14-2)20(16,17)15-7-5-4-6-8-18-3/h9,14-15H,4-8,10H2,1-3H3. The van der Waals surface area contributed by atoms with Gasteiger partial charge in [0, 0.05) is 26.3 Å². The van der Waals surface area contributed by atoms with Crippen LogP contribution >= 0.6 is 0 Å². The molecular formula is C13H24N2O4S. The van der Waals surface area contributed by atoms with Gasteiger partial charge in [0.05, 0.1) is 6.54 Å². The summed E-state index contributed by atoms with van der Waals surface area (Å²) in [7, 11) is -0.0421. The molecule has 20 heavy (non-hydrogen) atoms. The van der Waals surface area contributed by atoms with Crippen LogP contribution in [0.5, 0.6) is 0 Å². The zero-order valence-electron chi connectivity index (χ0n) is 12.4. The normalized spacial score (nSPS) is 11.9. The summed E-state index contributed by atoms with van der Waals surface area (Å²) in [5.41, 5.74) is 0. The van der Waals surface area contributed by atoms with E-state index >= 15 is 0 Å². The summed E-state index contributed by atoms with van der Waals surface area (Å²) in [5, 5.41) is 2.93. The number of hydrogen-bond donors (Lipinski definition) is 2. The molecule has 0 bridgehead atoms. The van der Waals surface area contributed by atoms with Crippen molar-refractivity contribution in [1.29, 1.82) is 0 Å². The molecule has 7 heteroatoms. The number of unbranched alkanes of at least 4 members (excludes halogenated alkanes) is 2. The van der Waals surface area contributed by atoms with E-state index in [-0.39, 0.29) is 4.90 Å². The van der Waals surface area contributed by atoms with Gasteiger partial charge in [0.1, 0.15) is 16.4 Å². The zero-order chi connectivity index (χ0) is 15.0. The first-order chi connectivity index (χ1) is 9.51. The van der Waals surface area contributed by atoms with Crippen molar-refractivity contribution >= 4 is 10.0 Å². The molecule has 1 aromatic rings. The lowest BCUT2D eigenvalue weighted by molar-refractivity contribution is 0.192. The topological polar surface area (TPSA) is 80.6 Å². The fourth-order valence-electron chi connectivity index (χ4n) is 1.88. The van der Waals surface area contributed by atoms with Crippen LogP contribution in [0.1, 0.15) is 30.8 Å². The number of hydrogen-bond acceptors (Lipinski definition) is 5. The number of aryl methyl sites for hydroxylation is 1. The third kappa shape index (κ3) is 5.24. The highest BCUT2D eigenvalue weighted by Gasteiger charge is 2.20. The van der Waals surface area contributed by atoms with Crippen molar-refractivity contribution in [3.63, 3.8) is 0 Å². The molecule has 1 aromatic heterocycles. The lowest BCUT2D eigenvalue weighted by atomic mass is 10.2. The van der Waals surface area contributed by atoms with Crippen molar-refractivity contribution in [2.45, 2.75) is 37.6 Å². The average molecular weight is 304 g/mol. The summed E-state index contributed by atoms with van der Waals surface area (Å²) in [6.07, 6.45) is 2.67. The van der Waals surface area contributed by atoms with Crippen LogP contribution in [0, 0.1) is 6.92 Å². The van der Waals surface area contributed by atoms with Crippen LogP contribution in [0.4, 0.5) is 0 Å². The predicted molar refractivity (Wildman–Crippen MR) is 77.1 cm³/mol. The summed E-state index contributed by atoms with van der Waals surface area (Å²) in [6.45, 7) is 3.30. The predicted octanol–water partition coefficient (Wildman–Crippen LogP) is 1.40. The molecule has 0 amide bonds. The van der Waals surface area contributed by atoms with E-state index in [4.69, 9.17) is 9.15 Å². The number of methoxy groups -OCH3 is 1. The van der Waals surface area contributed by atoms with E-state index in [1.165, 1.54) is 0 Å². The van der Waals surface area contributed by atoms with Gasteiger partial charge in [-0.15, -0.1) is 0 Å². The van der Waals surface area contributed by atoms with Crippen molar-refractivity contribution in [2.24, 2.45) is 0 Å². The first kappa shape index (κ1) is 17.2. The average Bonchev–Trinajstić information content (AvgIpc) is 2.76. The second-order valence-corrected chi connectivity index (χ2v) is 6.35. The van der Waals surface area contributed by atoms with Crippen molar-refractivity contribution < 1.29 is 17.6 Å². The maximum Gasteiger partial charge on any atom is 0.244 e. The van der Waals surface area contributed by atoms with E-state index in [0.717, 1.165) is 19.3 Å². The van der Waals surface area contributed by atoms with Crippen LogP contribution in [0.25, 0.3) is 0 Å². The number of rotatable bonds is 10. The molecular weight excluding hydrogens is 280 g/mol. The summed E-state index contributed by atoms with van der Waals surface area (Å²) in [6, 6.07) is 1.57. The van der Waals surface area contributed by atoms with Crippen molar-refractivity contribution in [1.82, 2.24) is 10.0 Å². The van der Waals surface area contributed by atoms with Crippen molar-refractivity contribution in [3.8, 4) is 0 Å². The van der Waals surface area contributed by atoms with Crippen LogP contribution in [-0.4, -0.2) is 35.7 Å². The molecule has 0 aliphatic heterocycles. The van der Waals surface area contributed by atoms with Gasteiger partial charge in [-0.25, -0.2) is 13.1 Å². The molecule has 1 rings (SSSR count). The van der Waals surface area contributed by atoms with Crippen LogP contribution in [-0.2, 0) is 21.3 Å². The molecule has 0 aliphatic carbocycles. The number of ether oxygens (including phenoxy) is 1. The van der Waals surface area contributed by atoms with Gasteiger partial charge in [-0.3, -0.25) is 0 Å². The molecule has 0 aromatic carbocycles. The zero-order valence-corrected chi connectivity index (χ0v) is 13.2. The first-order valence-electron chi connectivity index (χ1n) is 6.73. The maximum atomic E-state index is 12.1. The minimum Gasteiger partial charge on any atom is -0.464 e. The van der Waals surface area contributed by atoms with Crippen molar-refractivity contribution in [3.05, 3.63) is 17.6 Å². The fourth-order valence-corrected chi connectivity index (χ4v) is 3.16. The summed E-state index contributed by atoms with van der Waals surface area (Å²) in [5.74, 6) is 1.03. The molecule has 0 unspecified atom stereocenters. The Morgan fingerprint density at radius 3 is 2.70 bits per heavy atom. The fraction of sp³-hybridized carbons (Fsp3) is 0.692. The second kappa shape index (κ2) is 8.41. The smallest absolute Gasteiger partial charge is 0.244 e. The summed E-state index contributed by atoms with van der Waals surface area (Å²) < 4.78 is 37.2. The Morgan fingerprint density at radius 2 is 2.05 bits per heavy atom. The van der Waals surface area contributed by atoms with Crippen molar-refractivity contribution in [2.75, 3.05) is 27.3 Å². The van der Waals surface area contributed by atoms with Gasteiger partial charge in [-0.2, -0.15) is 0 Å². The first-order valence-corrected chi connectivity index (χ1v) is 8.22. The van der Waals surface area contributed by atoms with Gasteiger partial charge in [-0.1, -0.05) is 0 Å². The molecule has 0 spiro atoms. The molecule has 0 saturated carbocycles. The third-order valence-corrected chi connectivity index (χ3v) is 4.45. The Morgan fingerprint density at radius 1 is 1.30 bits per heavy atom. The minimum absolute atomic E-state index is 0.222. The molecule has 1 heterocycles. The van der Waals surface area contributed by atoms with E-state index < -0.39 is 10.0 Å². The van der Waals surface area contributed by atoms with Crippen LogP contribution in [0.15, 0.2) is 15.4 Å². The third-order valence-electron chi connectivity index (χ3n) is 2.88. The maximum absolute atomic E-state index is 12.1. The van der Waals surface area contributed by atoms with E-state index in [0.29, 0.717) is 31.2 Å². The van der Waals surface area contributed by atoms with Gasteiger partial charge in [-0.05, 0) is 33.2 Å². The van der Waals surface area contributed by atoms with Gasteiger partial charge in [0.2, 0.25) is 10.0 Å². The Balaban J connectivity index is 2.51. The van der Waals surface area contributed by atoms with Gasteiger partial charge >= 0.3 is 0 Å². The Kier molecular flexibility index (Phi) is 7.22. The lowest BCUT2D eigenvalue weighted by Crippen LogP contribution is -2.25. The second-order valence-electron chi connectivity index (χ2n) is 4.61. The van der Waals surface area contributed by atoms with Crippen LogP contribution in [0.3, 0.4) is 0 Å². The Labute approximate surface area is 120 Å². The molecule has 0 saturated heterocycles. The molecule has 6 nitrogen and oxygen atoms in total. The molecule has 0 fully saturated rings. The minimum atomic E-state index is -3.48. The number of nitrogens with one attached hydrogen (secondary N) is 2. The van der Waals surface area contributed by atoms with E-state index in [9.17, 15) is 8.42 Å². The molecule has 116 valence electrons. The van der Waals surface area contributed by atoms with Gasteiger partial charge in [0.15, 0.2) is 0 Å². The molecule has 0 radical (unpaired) electrons.